The summed E-state index contributed by atoms with van der Waals surface area (Å²) in [4.78, 5) is 23.7. The molecule has 1 aromatic carbocycles. The van der Waals surface area contributed by atoms with Gasteiger partial charge in [0.05, 0.1) is 17.4 Å². The maximum absolute atomic E-state index is 11.4. The van der Waals surface area contributed by atoms with Gasteiger partial charge in [-0.15, -0.1) is 0 Å². The second kappa shape index (κ2) is 6.09. The van der Waals surface area contributed by atoms with Crippen LogP contribution in [0.5, 0.6) is 0 Å². The lowest BCUT2D eigenvalue weighted by atomic mass is 9.92. The molecule has 0 spiro atoms. The van der Waals surface area contributed by atoms with Gasteiger partial charge in [0, 0.05) is 36.0 Å². The van der Waals surface area contributed by atoms with E-state index in [0.29, 0.717) is 12.1 Å². The summed E-state index contributed by atoms with van der Waals surface area (Å²) >= 11 is 0. The summed E-state index contributed by atoms with van der Waals surface area (Å²) in [6.07, 6.45) is 1.56. The lowest BCUT2D eigenvalue weighted by Gasteiger charge is -2.39. The highest BCUT2D eigenvalue weighted by molar-refractivity contribution is 5.78. The molecule has 1 aliphatic rings. The van der Waals surface area contributed by atoms with Crippen LogP contribution >= 0.6 is 0 Å². The zero-order chi connectivity index (χ0) is 15.6. The van der Waals surface area contributed by atoms with Crippen LogP contribution in [-0.4, -0.2) is 28.5 Å². The van der Waals surface area contributed by atoms with Gasteiger partial charge in [-0.3, -0.25) is 14.9 Å². The lowest BCUT2D eigenvalue weighted by molar-refractivity contribution is -0.384. The molecule has 114 valence electrons. The molecular formula is C14H19N3O4. The number of hydrogen-bond acceptors (Lipinski definition) is 5. The van der Waals surface area contributed by atoms with E-state index in [4.69, 9.17) is 5.73 Å². The number of benzene rings is 1. The van der Waals surface area contributed by atoms with Gasteiger partial charge >= 0.3 is 0 Å². The number of aliphatic hydroxyl groups excluding tert-OH is 1. The number of non-ortho nitro benzene ring substituents is 1. The van der Waals surface area contributed by atoms with Gasteiger partial charge in [0.25, 0.3) is 5.69 Å². The summed E-state index contributed by atoms with van der Waals surface area (Å²) in [5.41, 5.74) is 6.54. The van der Waals surface area contributed by atoms with E-state index in [9.17, 15) is 20.0 Å². The minimum absolute atomic E-state index is 0.0566. The van der Waals surface area contributed by atoms with Crippen molar-refractivity contribution in [1.29, 1.82) is 0 Å². The molecule has 0 radical (unpaired) electrons. The van der Waals surface area contributed by atoms with Crippen molar-refractivity contribution in [3.63, 3.8) is 0 Å². The van der Waals surface area contributed by atoms with Crippen molar-refractivity contribution in [2.45, 2.75) is 32.4 Å². The number of carbonyl (C=O) groups is 1. The fourth-order valence-corrected chi connectivity index (χ4v) is 2.77. The minimum Gasteiger partial charge on any atom is -0.392 e. The van der Waals surface area contributed by atoms with Gasteiger partial charge in [0.1, 0.15) is 0 Å². The maximum atomic E-state index is 11.4. The van der Waals surface area contributed by atoms with Crippen molar-refractivity contribution in [1.82, 2.24) is 0 Å². The second-order valence-electron chi connectivity index (χ2n) is 5.41. The highest BCUT2D eigenvalue weighted by Crippen LogP contribution is 2.32. The van der Waals surface area contributed by atoms with E-state index < -0.39 is 4.92 Å². The van der Waals surface area contributed by atoms with E-state index in [1.54, 1.807) is 6.07 Å². The number of nitrogens with two attached hydrogens (primary N) is 1. The largest absolute Gasteiger partial charge is 0.392 e. The standard InChI is InChI=1S/C14H19N3O4/c1-9-2-3-10(14(15)19)7-16(9)13-5-4-12(17(20)21)6-11(13)8-18/h4-6,9-10,18H,2-3,7-8H2,1H3,(H2,15,19). The third-order valence-electron chi connectivity index (χ3n) is 4.04. The number of amides is 1. The first-order chi connectivity index (χ1) is 9.93. The quantitative estimate of drug-likeness (QED) is 0.639. The minimum atomic E-state index is -0.491. The Hall–Kier alpha value is -2.15. The molecule has 7 heteroatoms. The van der Waals surface area contributed by atoms with Crippen LogP contribution in [0.3, 0.4) is 0 Å². The van der Waals surface area contributed by atoms with Crippen LogP contribution in [0.1, 0.15) is 25.3 Å². The molecule has 1 aromatic rings. The van der Waals surface area contributed by atoms with Crippen molar-refractivity contribution < 1.29 is 14.8 Å². The Morgan fingerprint density at radius 3 is 2.81 bits per heavy atom. The van der Waals surface area contributed by atoms with Crippen molar-refractivity contribution >= 4 is 17.3 Å². The number of rotatable bonds is 4. The fraction of sp³-hybridized carbons (Fsp3) is 0.500. The van der Waals surface area contributed by atoms with Crippen LogP contribution in [0.4, 0.5) is 11.4 Å². The predicted molar refractivity (Wildman–Crippen MR) is 77.7 cm³/mol. The first-order valence-electron chi connectivity index (χ1n) is 6.88. The van der Waals surface area contributed by atoms with E-state index in [0.717, 1.165) is 18.5 Å². The number of nitro benzene ring substituents is 1. The predicted octanol–water partition coefficient (Wildman–Crippen LogP) is 1.18. The first-order valence-corrected chi connectivity index (χ1v) is 6.88. The Morgan fingerprint density at radius 1 is 1.52 bits per heavy atom. The van der Waals surface area contributed by atoms with Crippen LogP contribution in [0.15, 0.2) is 18.2 Å². The van der Waals surface area contributed by atoms with E-state index >= 15 is 0 Å². The summed E-state index contributed by atoms with van der Waals surface area (Å²) in [6.45, 7) is 2.21. The van der Waals surface area contributed by atoms with Crippen molar-refractivity contribution in [3.05, 3.63) is 33.9 Å². The summed E-state index contributed by atoms with van der Waals surface area (Å²) in [6, 6.07) is 4.60. The lowest BCUT2D eigenvalue weighted by Crippen LogP contribution is -2.46. The van der Waals surface area contributed by atoms with E-state index in [-0.39, 0.29) is 30.2 Å². The third-order valence-corrected chi connectivity index (χ3v) is 4.04. The van der Waals surface area contributed by atoms with Crippen LogP contribution in [0, 0.1) is 16.0 Å². The number of primary amides is 1. The molecule has 0 aliphatic carbocycles. The molecule has 1 saturated heterocycles. The Balaban J connectivity index is 2.34. The van der Waals surface area contributed by atoms with Gasteiger partial charge in [0.15, 0.2) is 0 Å². The average molecular weight is 293 g/mol. The summed E-state index contributed by atoms with van der Waals surface area (Å²) in [7, 11) is 0. The molecule has 0 saturated carbocycles. The number of anilines is 1. The molecule has 3 N–H and O–H groups in total. The van der Waals surface area contributed by atoms with E-state index in [1.807, 2.05) is 11.8 Å². The normalized spacial score (nSPS) is 22.1. The zero-order valence-corrected chi connectivity index (χ0v) is 11.9. The van der Waals surface area contributed by atoms with Crippen LogP contribution in [-0.2, 0) is 11.4 Å². The van der Waals surface area contributed by atoms with Crippen molar-refractivity contribution in [2.75, 3.05) is 11.4 Å². The van der Waals surface area contributed by atoms with Gasteiger partial charge in [-0.1, -0.05) is 0 Å². The number of nitrogens with zero attached hydrogens (tertiary/aromatic N) is 2. The van der Waals surface area contributed by atoms with Gasteiger partial charge in [-0.25, -0.2) is 0 Å². The molecule has 0 aromatic heterocycles. The molecule has 1 amide bonds. The molecule has 2 atom stereocenters. The van der Waals surface area contributed by atoms with Gasteiger partial charge in [-0.2, -0.15) is 0 Å². The van der Waals surface area contributed by atoms with Gasteiger partial charge in [-0.05, 0) is 25.8 Å². The van der Waals surface area contributed by atoms with E-state index in [1.165, 1.54) is 12.1 Å². The molecule has 1 heterocycles. The van der Waals surface area contributed by atoms with Crippen LogP contribution in [0.25, 0.3) is 0 Å². The Labute approximate surface area is 122 Å². The fourth-order valence-electron chi connectivity index (χ4n) is 2.77. The van der Waals surface area contributed by atoms with E-state index in [2.05, 4.69) is 0 Å². The molecular weight excluding hydrogens is 274 g/mol. The average Bonchev–Trinajstić information content (AvgIpc) is 2.46. The van der Waals surface area contributed by atoms with Crippen LogP contribution < -0.4 is 10.6 Å². The van der Waals surface area contributed by atoms with Crippen molar-refractivity contribution in [2.24, 2.45) is 11.7 Å². The van der Waals surface area contributed by atoms with Gasteiger partial charge < -0.3 is 15.7 Å². The smallest absolute Gasteiger partial charge is 0.269 e. The highest BCUT2D eigenvalue weighted by atomic mass is 16.6. The number of carbonyl (C=O) groups excluding carboxylic acids is 1. The Morgan fingerprint density at radius 2 is 2.24 bits per heavy atom. The monoisotopic (exact) mass is 293 g/mol. The third kappa shape index (κ3) is 3.13. The van der Waals surface area contributed by atoms with Gasteiger partial charge in [0.2, 0.25) is 5.91 Å². The van der Waals surface area contributed by atoms with Crippen LogP contribution in [0.2, 0.25) is 0 Å². The zero-order valence-electron chi connectivity index (χ0n) is 11.9. The second-order valence-corrected chi connectivity index (χ2v) is 5.41. The molecule has 1 fully saturated rings. The molecule has 2 unspecified atom stereocenters. The highest BCUT2D eigenvalue weighted by Gasteiger charge is 2.30. The Kier molecular flexibility index (Phi) is 4.42. The molecule has 2 rings (SSSR count). The maximum Gasteiger partial charge on any atom is 0.269 e. The summed E-state index contributed by atoms with van der Waals surface area (Å²) in [5, 5.41) is 20.3. The number of nitro groups is 1. The first kappa shape index (κ1) is 15.2. The number of hydrogen-bond donors (Lipinski definition) is 2. The molecule has 0 bridgehead atoms. The number of aliphatic hydroxyl groups is 1. The Bertz CT molecular complexity index is 561. The topological polar surface area (TPSA) is 110 Å². The summed E-state index contributed by atoms with van der Waals surface area (Å²) < 4.78 is 0. The molecule has 21 heavy (non-hydrogen) atoms. The SMILES string of the molecule is CC1CCC(C(N)=O)CN1c1ccc([N+](=O)[O-])cc1CO. The molecule has 1 aliphatic heterocycles. The molecule has 7 nitrogen and oxygen atoms in total. The number of piperidine rings is 1. The summed E-state index contributed by atoms with van der Waals surface area (Å²) in [5.74, 6) is -0.567. The van der Waals surface area contributed by atoms with Crippen molar-refractivity contribution in [3.8, 4) is 0 Å².